The van der Waals surface area contributed by atoms with Crippen LogP contribution in [0.3, 0.4) is 0 Å². The second kappa shape index (κ2) is 7.82. The lowest BCUT2D eigenvalue weighted by atomic mass is 10.2. The van der Waals surface area contributed by atoms with Crippen LogP contribution in [-0.4, -0.2) is 14.9 Å². The summed E-state index contributed by atoms with van der Waals surface area (Å²) in [6.45, 7) is 0.502. The summed E-state index contributed by atoms with van der Waals surface area (Å²) in [5.74, 6) is -0.333. The van der Waals surface area contributed by atoms with Gasteiger partial charge in [-0.15, -0.1) is 0 Å². The van der Waals surface area contributed by atoms with Gasteiger partial charge in [-0.3, -0.25) is 4.68 Å². The third kappa shape index (κ3) is 4.92. The zero-order valence-corrected chi connectivity index (χ0v) is 15.2. The highest BCUT2D eigenvalue weighted by molar-refractivity contribution is 7.80. The van der Waals surface area contributed by atoms with Gasteiger partial charge in [-0.25, -0.2) is 4.39 Å². The maximum atomic E-state index is 13.2. The van der Waals surface area contributed by atoms with Gasteiger partial charge in [0.25, 0.3) is 0 Å². The lowest BCUT2D eigenvalue weighted by molar-refractivity contribution is 0.628. The van der Waals surface area contributed by atoms with Crippen molar-refractivity contribution in [1.29, 1.82) is 0 Å². The number of benzene rings is 2. The standard InChI is InChI=1S/C17H13Cl2FN4S/c18-12-5-4-11(16(19)6-12)9-24-10-15(8-21-24)23-17(25)22-14-3-1-2-13(20)7-14/h1-8,10H,9H2,(H2,22,23,25). The van der Waals surface area contributed by atoms with E-state index in [1.54, 1.807) is 41.3 Å². The molecule has 1 heterocycles. The summed E-state index contributed by atoms with van der Waals surface area (Å²) in [6.07, 6.45) is 3.44. The Bertz CT molecular complexity index is 913. The number of nitrogens with one attached hydrogen (secondary N) is 2. The molecule has 0 aliphatic carbocycles. The van der Waals surface area contributed by atoms with Crippen molar-refractivity contribution in [3.63, 3.8) is 0 Å². The summed E-state index contributed by atoms with van der Waals surface area (Å²) in [7, 11) is 0. The molecule has 0 saturated heterocycles. The molecule has 128 valence electrons. The third-order valence-corrected chi connectivity index (χ3v) is 4.11. The minimum Gasteiger partial charge on any atom is -0.332 e. The van der Waals surface area contributed by atoms with E-state index < -0.39 is 0 Å². The number of nitrogens with zero attached hydrogens (tertiary/aromatic N) is 2. The topological polar surface area (TPSA) is 41.9 Å². The molecule has 1 aromatic heterocycles. The van der Waals surface area contributed by atoms with Gasteiger partial charge in [-0.1, -0.05) is 35.3 Å². The Kier molecular flexibility index (Phi) is 5.53. The molecular formula is C17H13Cl2FN4S. The van der Waals surface area contributed by atoms with Gasteiger partial charge in [0.05, 0.1) is 18.4 Å². The Morgan fingerprint density at radius 1 is 1.12 bits per heavy atom. The molecule has 25 heavy (non-hydrogen) atoms. The number of anilines is 2. The predicted molar refractivity (Wildman–Crippen MR) is 104 cm³/mol. The average molecular weight is 395 g/mol. The summed E-state index contributed by atoms with van der Waals surface area (Å²) in [6, 6.07) is 11.4. The number of thiocarbonyl (C=S) groups is 1. The molecule has 0 unspecified atom stereocenters. The summed E-state index contributed by atoms with van der Waals surface area (Å²) < 4.78 is 14.9. The van der Waals surface area contributed by atoms with E-state index in [9.17, 15) is 4.39 Å². The molecule has 0 spiro atoms. The molecule has 0 amide bonds. The molecule has 0 aliphatic rings. The average Bonchev–Trinajstić information content (AvgIpc) is 2.97. The lowest BCUT2D eigenvalue weighted by Crippen LogP contribution is -2.18. The second-order valence-electron chi connectivity index (χ2n) is 5.25. The third-order valence-electron chi connectivity index (χ3n) is 3.32. The summed E-state index contributed by atoms with van der Waals surface area (Å²) in [5.41, 5.74) is 2.18. The van der Waals surface area contributed by atoms with Crippen molar-refractivity contribution in [2.45, 2.75) is 6.54 Å². The van der Waals surface area contributed by atoms with Crippen molar-refractivity contribution in [2.24, 2.45) is 0 Å². The molecule has 0 fully saturated rings. The molecule has 3 aromatic rings. The van der Waals surface area contributed by atoms with E-state index in [0.29, 0.717) is 33.1 Å². The van der Waals surface area contributed by atoms with E-state index in [-0.39, 0.29) is 5.82 Å². The first-order valence-corrected chi connectivity index (χ1v) is 8.46. The monoisotopic (exact) mass is 394 g/mol. The fourth-order valence-electron chi connectivity index (χ4n) is 2.20. The number of hydrogen-bond donors (Lipinski definition) is 2. The van der Waals surface area contributed by atoms with Gasteiger partial charge >= 0.3 is 0 Å². The predicted octanol–water partition coefficient (Wildman–Crippen LogP) is 5.19. The maximum Gasteiger partial charge on any atom is 0.175 e. The van der Waals surface area contributed by atoms with Crippen molar-refractivity contribution in [2.75, 3.05) is 10.6 Å². The molecule has 0 radical (unpaired) electrons. The van der Waals surface area contributed by atoms with Crippen LogP contribution in [0.5, 0.6) is 0 Å². The summed E-state index contributed by atoms with van der Waals surface area (Å²) in [4.78, 5) is 0. The fraction of sp³-hybridized carbons (Fsp3) is 0.0588. The van der Waals surface area contributed by atoms with Crippen LogP contribution < -0.4 is 10.6 Å². The second-order valence-corrected chi connectivity index (χ2v) is 6.50. The Hall–Kier alpha value is -2.15. The fourth-order valence-corrected chi connectivity index (χ4v) is 2.90. The molecule has 8 heteroatoms. The van der Waals surface area contributed by atoms with E-state index in [2.05, 4.69) is 15.7 Å². The first-order valence-electron chi connectivity index (χ1n) is 7.29. The SMILES string of the molecule is Fc1cccc(NC(=S)Nc2cnn(Cc3ccc(Cl)cc3Cl)c2)c1. The van der Waals surface area contributed by atoms with Crippen molar-refractivity contribution in [1.82, 2.24) is 9.78 Å². The summed E-state index contributed by atoms with van der Waals surface area (Å²) in [5, 5.41) is 11.7. The number of halogens is 3. The van der Waals surface area contributed by atoms with E-state index in [4.69, 9.17) is 35.4 Å². The van der Waals surface area contributed by atoms with Crippen LogP contribution in [0.1, 0.15) is 5.56 Å². The minimum atomic E-state index is -0.333. The smallest absolute Gasteiger partial charge is 0.175 e. The van der Waals surface area contributed by atoms with Gasteiger partial charge < -0.3 is 10.6 Å². The molecule has 0 saturated carbocycles. The van der Waals surface area contributed by atoms with Crippen molar-refractivity contribution < 1.29 is 4.39 Å². The van der Waals surface area contributed by atoms with Crippen molar-refractivity contribution in [3.05, 3.63) is 76.3 Å². The zero-order valence-electron chi connectivity index (χ0n) is 12.8. The molecule has 0 bridgehead atoms. The van der Waals surface area contributed by atoms with Crippen LogP contribution in [0.25, 0.3) is 0 Å². The molecule has 4 nitrogen and oxygen atoms in total. The van der Waals surface area contributed by atoms with Crippen molar-refractivity contribution in [3.8, 4) is 0 Å². The molecule has 0 aliphatic heterocycles. The highest BCUT2D eigenvalue weighted by Crippen LogP contribution is 2.22. The largest absolute Gasteiger partial charge is 0.332 e. The molecule has 2 aromatic carbocycles. The number of aromatic nitrogens is 2. The first kappa shape index (κ1) is 17.7. The van der Waals surface area contributed by atoms with Gasteiger partial charge in [0.1, 0.15) is 5.82 Å². The Balaban J connectivity index is 1.62. The van der Waals surface area contributed by atoms with Crippen LogP contribution in [0.15, 0.2) is 54.9 Å². The van der Waals surface area contributed by atoms with Gasteiger partial charge in [-0.2, -0.15) is 5.10 Å². The first-order chi connectivity index (χ1) is 12.0. The Morgan fingerprint density at radius 2 is 1.92 bits per heavy atom. The van der Waals surface area contributed by atoms with E-state index in [1.165, 1.54) is 12.1 Å². The molecule has 2 N–H and O–H groups in total. The Labute approximate surface area is 159 Å². The van der Waals surface area contributed by atoms with Crippen LogP contribution in [0.4, 0.5) is 15.8 Å². The van der Waals surface area contributed by atoms with Crippen LogP contribution in [0, 0.1) is 5.82 Å². The quantitative estimate of drug-likeness (QED) is 0.597. The lowest BCUT2D eigenvalue weighted by Gasteiger charge is -2.09. The van der Waals surface area contributed by atoms with E-state index in [0.717, 1.165) is 5.56 Å². The van der Waals surface area contributed by atoms with Gasteiger partial charge in [0, 0.05) is 21.9 Å². The van der Waals surface area contributed by atoms with Crippen LogP contribution in [-0.2, 0) is 6.54 Å². The zero-order chi connectivity index (χ0) is 17.8. The van der Waals surface area contributed by atoms with Crippen molar-refractivity contribution >= 4 is 51.9 Å². The van der Waals surface area contributed by atoms with Gasteiger partial charge in [0.2, 0.25) is 0 Å². The van der Waals surface area contributed by atoms with Crippen LogP contribution >= 0.6 is 35.4 Å². The van der Waals surface area contributed by atoms with Gasteiger partial charge in [0.15, 0.2) is 5.11 Å². The summed E-state index contributed by atoms with van der Waals surface area (Å²) >= 11 is 17.3. The molecular weight excluding hydrogens is 382 g/mol. The maximum absolute atomic E-state index is 13.2. The van der Waals surface area contributed by atoms with E-state index in [1.807, 2.05) is 6.07 Å². The highest BCUT2D eigenvalue weighted by atomic mass is 35.5. The van der Waals surface area contributed by atoms with Gasteiger partial charge in [-0.05, 0) is 48.1 Å². The number of rotatable bonds is 4. The normalized spacial score (nSPS) is 10.5. The highest BCUT2D eigenvalue weighted by Gasteiger charge is 2.06. The van der Waals surface area contributed by atoms with E-state index >= 15 is 0 Å². The Morgan fingerprint density at radius 3 is 2.68 bits per heavy atom. The molecule has 3 rings (SSSR count). The molecule has 0 atom stereocenters. The van der Waals surface area contributed by atoms with Crippen LogP contribution in [0.2, 0.25) is 10.0 Å². The minimum absolute atomic E-state index is 0.333. The number of hydrogen-bond acceptors (Lipinski definition) is 2.